The number of esters is 1. The molecule has 9 heteroatoms. The van der Waals surface area contributed by atoms with E-state index in [0.29, 0.717) is 56.9 Å². The fourth-order valence-electron chi connectivity index (χ4n) is 4.83. The first-order chi connectivity index (χ1) is 18.0. The van der Waals surface area contributed by atoms with Crippen molar-refractivity contribution in [1.82, 2.24) is 0 Å². The summed E-state index contributed by atoms with van der Waals surface area (Å²) in [5.74, 6) is 2.45. The van der Waals surface area contributed by atoms with Gasteiger partial charge in [-0.2, -0.15) is 0 Å². The molecule has 188 valence electrons. The van der Waals surface area contributed by atoms with Crippen molar-refractivity contribution >= 4 is 17.8 Å². The van der Waals surface area contributed by atoms with Crippen molar-refractivity contribution in [3.05, 3.63) is 70.5 Å². The highest BCUT2D eigenvalue weighted by atomic mass is 16.7. The van der Waals surface area contributed by atoms with Crippen LogP contribution in [-0.2, 0) is 4.79 Å². The van der Waals surface area contributed by atoms with E-state index in [1.807, 2.05) is 12.1 Å². The minimum absolute atomic E-state index is 0.0865. The first-order valence-electron chi connectivity index (χ1n) is 11.5. The van der Waals surface area contributed by atoms with E-state index >= 15 is 0 Å². The lowest BCUT2D eigenvalue weighted by Crippen LogP contribution is -2.21. The van der Waals surface area contributed by atoms with Gasteiger partial charge in [-0.15, -0.1) is 0 Å². The lowest BCUT2D eigenvalue weighted by atomic mass is 9.84. The number of rotatable bonds is 5. The van der Waals surface area contributed by atoms with Gasteiger partial charge in [-0.3, -0.25) is 9.59 Å². The minimum atomic E-state index is -0.400. The van der Waals surface area contributed by atoms with Crippen LogP contribution in [0.15, 0.2) is 48.2 Å². The van der Waals surface area contributed by atoms with Gasteiger partial charge in [0.25, 0.3) is 0 Å². The van der Waals surface area contributed by atoms with Crippen LogP contribution in [0.5, 0.6) is 40.2 Å². The van der Waals surface area contributed by atoms with E-state index in [1.54, 1.807) is 36.4 Å². The van der Waals surface area contributed by atoms with Gasteiger partial charge in [-0.05, 0) is 42.0 Å². The first-order valence-corrected chi connectivity index (χ1v) is 11.5. The number of carbonyl (C=O) groups is 2. The number of hydrogen-bond donors (Lipinski definition) is 0. The second kappa shape index (κ2) is 8.77. The normalized spacial score (nSPS) is 18.1. The third kappa shape index (κ3) is 3.70. The molecule has 0 saturated heterocycles. The van der Waals surface area contributed by atoms with Crippen LogP contribution < -0.4 is 33.2 Å². The van der Waals surface area contributed by atoms with Crippen molar-refractivity contribution in [3.63, 3.8) is 0 Å². The third-order valence-electron chi connectivity index (χ3n) is 6.60. The summed E-state index contributed by atoms with van der Waals surface area (Å²) in [7, 11) is 4.58. The molecule has 0 fully saturated rings. The quantitative estimate of drug-likeness (QED) is 0.284. The molecule has 3 aliphatic rings. The fraction of sp³-hybridized carbons (Fsp3) is 0.214. The van der Waals surface area contributed by atoms with E-state index in [9.17, 15) is 9.59 Å². The molecule has 0 aliphatic carbocycles. The molecule has 6 rings (SSSR count). The number of benzene rings is 3. The molecule has 0 saturated carbocycles. The summed E-state index contributed by atoms with van der Waals surface area (Å²) in [5, 5.41) is 0. The van der Waals surface area contributed by atoms with Crippen LogP contribution >= 0.6 is 0 Å². The number of fused-ring (bicyclic) bond motifs is 4. The highest BCUT2D eigenvalue weighted by molar-refractivity contribution is 6.15. The summed E-state index contributed by atoms with van der Waals surface area (Å²) in [6.07, 6.45) is 1.68. The Kier molecular flexibility index (Phi) is 5.40. The number of hydrogen-bond acceptors (Lipinski definition) is 9. The maximum Gasteiger partial charge on any atom is 0.312 e. The number of methoxy groups -OCH3 is 3. The fourth-order valence-corrected chi connectivity index (χ4v) is 4.83. The molecule has 0 radical (unpaired) electrons. The highest BCUT2D eigenvalue weighted by Gasteiger charge is 2.39. The topological polar surface area (TPSA) is 98.8 Å². The molecule has 0 unspecified atom stereocenters. The number of allylic oxidation sites excluding steroid dienone is 1. The van der Waals surface area contributed by atoms with Crippen LogP contribution in [0.3, 0.4) is 0 Å². The maximum atomic E-state index is 13.4. The Balaban J connectivity index is 1.44. The molecule has 37 heavy (non-hydrogen) atoms. The van der Waals surface area contributed by atoms with E-state index < -0.39 is 5.92 Å². The average molecular weight is 502 g/mol. The number of ketones is 1. The number of Topliss-reactive ketones (excluding diaryl/α,β-unsaturated/α-hetero) is 1. The van der Waals surface area contributed by atoms with Crippen LogP contribution in [0.1, 0.15) is 39.4 Å². The van der Waals surface area contributed by atoms with Gasteiger partial charge in [0.05, 0.1) is 33.3 Å². The molecule has 3 aromatic rings. The predicted octanol–water partition coefficient (Wildman–Crippen LogP) is 4.50. The SMILES string of the molecule is COc1cc(OC)c(OC)cc1/C=C1/Oc2c(ccc3c2[C@@H](c2ccc4c(c2)OCO4)CC(=O)O3)C1=O. The Bertz CT molecular complexity index is 1490. The Morgan fingerprint density at radius 3 is 2.32 bits per heavy atom. The Morgan fingerprint density at radius 2 is 1.54 bits per heavy atom. The van der Waals surface area contributed by atoms with Gasteiger partial charge in [0.1, 0.15) is 17.2 Å². The summed E-state index contributed by atoms with van der Waals surface area (Å²) < 4.78 is 38.9. The molecular weight excluding hydrogens is 480 g/mol. The third-order valence-corrected chi connectivity index (χ3v) is 6.60. The van der Waals surface area contributed by atoms with Gasteiger partial charge in [0.2, 0.25) is 12.6 Å². The highest BCUT2D eigenvalue weighted by Crippen LogP contribution is 2.50. The van der Waals surface area contributed by atoms with Crippen LogP contribution in [0, 0.1) is 0 Å². The largest absolute Gasteiger partial charge is 0.496 e. The van der Waals surface area contributed by atoms with E-state index in [1.165, 1.54) is 21.3 Å². The van der Waals surface area contributed by atoms with Gasteiger partial charge in [0.15, 0.2) is 28.8 Å². The summed E-state index contributed by atoms with van der Waals surface area (Å²) in [4.78, 5) is 25.9. The Morgan fingerprint density at radius 1 is 0.811 bits per heavy atom. The second-order valence-electron chi connectivity index (χ2n) is 8.59. The van der Waals surface area contributed by atoms with Gasteiger partial charge in [-0.1, -0.05) is 6.07 Å². The van der Waals surface area contributed by atoms with Crippen LogP contribution in [0.25, 0.3) is 6.08 Å². The molecule has 0 aromatic heterocycles. The minimum Gasteiger partial charge on any atom is -0.496 e. The molecule has 0 bridgehead atoms. The molecule has 0 N–H and O–H groups in total. The lowest BCUT2D eigenvalue weighted by molar-refractivity contribution is -0.135. The zero-order valence-corrected chi connectivity index (χ0v) is 20.3. The molecule has 3 heterocycles. The Hall–Kier alpha value is -4.66. The zero-order valence-electron chi connectivity index (χ0n) is 20.3. The zero-order chi connectivity index (χ0) is 25.7. The van der Waals surface area contributed by atoms with Crippen molar-refractivity contribution in [3.8, 4) is 40.2 Å². The summed E-state index contributed by atoms with van der Waals surface area (Å²) in [5.41, 5.74) is 2.41. The molecule has 1 atom stereocenters. The van der Waals surface area contributed by atoms with Crippen LogP contribution in [-0.4, -0.2) is 39.9 Å². The van der Waals surface area contributed by atoms with Crippen molar-refractivity contribution in [2.45, 2.75) is 12.3 Å². The number of carbonyl (C=O) groups excluding carboxylic acids is 2. The summed E-state index contributed by atoms with van der Waals surface area (Å²) in [6.45, 7) is 0.142. The van der Waals surface area contributed by atoms with E-state index in [-0.39, 0.29) is 30.7 Å². The maximum absolute atomic E-state index is 13.4. The summed E-state index contributed by atoms with van der Waals surface area (Å²) >= 11 is 0. The first kappa shape index (κ1) is 22.8. The van der Waals surface area contributed by atoms with E-state index in [0.717, 1.165) is 5.56 Å². The Labute approximate surface area is 212 Å². The second-order valence-corrected chi connectivity index (χ2v) is 8.59. The van der Waals surface area contributed by atoms with Gasteiger partial charge in [-0.25, -0.2) is 0 Å². The van der Waals surface area contributed by atoms with Crippen molar-refractivity contribution in [2.24, 2.45) is 0 Å². The molecular formula is C28H22O9. The molecule has 3 aromatic carbocycles. The van der Waals surface area contributed by atoms with Crippen LogP contribution in [0.2, 0.25) is 0 Å². The lowest BCUT2D eigenvalue weighted by Gasteiger charge is -2.26. The van der Waals surface area contributed by atoms with Crippen LogP contribution in [0.4, 0.5) is 0 Å². The van der Waals surface area contributed by atoms with Gasteiger partial charge < -0.3 is 33.2 Å². The monoisotopic (exact) mass is 502 g/mol. The van der Waals surface area contributed by atoms with E-state index in [4.69, 9.17) is 33.2 Å². The van der Waals surface area contributed by atoms with Crippen molar-refractivity contribution in [1.29, 1.82) is 0 Å². The molecule has 3 aliphatic heterocycles. The van der Waals surface area contributed by atoms with Crippen molar-refractivity contribution in [2.75, 3.05) is 28.1 Å². The molecule has 0 amide bonds. The predicted molar refractivity (Wildman–Crippen MR) is 130 cm³/mol. The van der Waals surface area contributed by atoms with Gasteiger partial charge >= 0.3 is 5.97 Å². The van der Waals surface area contributed by atoms with E-state index in [2.05, 4.69) is 0 Å². The van der Waals surface area contributed by atoms with Gasteiger partial charge in [0, 0.05) is 23.1 Å². The van der Waals surface area contributed by atoms with Crippen molar-refractivity contribution < 1.29 is 42.7 Å². The smallest absolute Gasteiger partial charge is 0.312 e. The standard InChI is InChI=1S/C28H22O9/c1-31-20-12-22(33-3)21(32-2)9-15(20)10-24-27(30)16-5-7-19-26(28(16)37-24)17(11-25(29)36-19)14-4-6-18-23(8-14)35-13-34-18/h4-10,12,17H,11,13H2,1-3H3/b24-10+/t17-/m1/s1. The number of ether oxygens (including phenoxy) is 7. The molecule has 0 spiro atoms. The molecule has 9 nitrogen and oxygen atoms in total. The average Bonchev–Trinajstić information content (AvgIpc) is 3.51. The summed E-state index contributed by atoms with van der Waals surface area (Å²) in [6, 6.07) is 12.1.